The molecular formula is C25H30N4O3. The van der Waals surface area contributed by atoms with Crippen molar-refractivity contribution in [3.63, 3.8) is 0 Å². The van der Waals surface area contributed by atoms with Crippen LogP contribution in [0.5, 0.6) is 0 Å². The Morgan fingerprint density at radius 1 is 0.906 bits per heavy atom. The third-order valence-corrected chi connectivity index (χ3v) is 5.74. The van der Waals surface area contributed by atoms with Crippen LogP contribution in [0.4, 0.5) is 0 Å². The van der Waals surface area contributed by atoms with Gasteiger partial charge in [0.2, 0.25) is 0 Å². The summed E-state index contributed by atoms with van der Waals surface area (Å²) in [5.41, 5.74) is 4.25. The average molecular weight is 435 g/mol. The lowest BCUT2D eigenvalue weighted by molar-refractivity contribution is 0.0564. The quantitative estimate of drug-likeness (QED) is 0.503. The van der Waals surface area contributed by atoms with Crippen LogP contribution < -0.4 is 5.69 Å². The van der Waals surface area contributed by atoms with E-state index >= 15 is 0 Å². The highest BCUT2D eigenvalue weighted by Gasteiger charge is 2.16. The molecule has 2 N–H and O–H groups in total. The van der Waals surface area contributed by atoms with Gasteiger partial charge in [0.1, 0.15) is 0 Å². The van der Waals surface area contributed by atoms with Gasteiger partial charge in [-0.25, -0.2) is 4.79 Å². The lowest BCUT2D eigenvalue weighted by Crippen LogP contribution is -2.46. The van der Waals surface area contributed by atoms with Crippen LogP contribution in [0.1, 0.15) is 5.56 Å². The van der Waals surface area contributed by atoms with Gasteiger partial charge in [-0.05, 0) is 17.2 Å². The molecule has 0 bridgehead atoms. The van der Waals surface area contributed by atoms with Crippen molar-refractivity contribution in [3.8, 4) is 22.5 Å². The van der Waals surface area contributed by atoms with Crippen LogP contribution in [0.15, 0.2) is 65.5 Å². The van der Waals surface area contributed by atoms with E-state index in [1.165, 1.54) is 5.56 Å². The molecule has 1 aliphatic rings. The third kappa shape index (κ3) is 6.11. The van der Waals surface area contributed by atoms with E-state index in [0.29, 0.717) is 18.9 Å². The number of hydrogen-bond acceptors (Lipinski definition) is 6. The average Bonchev–Trinajstić information content (AvgIpc) is 2.83. The highest BCUT2D eigenvalue weighted by Crippen LogP contribution is 2.22. The summed E-state index contributed by atoms with van der Waals surface area (Å²) in [5, 5.41) is 8.77. The summed E-state index contributed by atoms with van der Waals surface area (Å²) in [7, 11) is 0. The molecule has 7 heteroatoms. The summed E-state index contributed by atoms with van der Waals surface area (Å²) in [4.78, 5) is 24.0. The maximum atomic E-state index is 12.1. The van der Waals surface area contributed by atoms with Gasteiger partial charge in [0.25, 0.3) is 0 Å². The summed E-state index contributed by atoms with van der Waals surface area (Å²) in [6.45, 7) is 7.09. The van der Waals surface area contributed by atoms with Gasteiger partial charge >= 0.3 is 5.69 Å². The molecule has 0 aliphatic carbocycles. The van der Waals surface area contributed by atoms with Gasteiger partial charge in [-0.3, -0.25) is 9.80 Å². The highest BCUT2D eigenvalue weighted by molar-refractivity contribution is 5.67. The second-order valence-corrected chi connectivity index (χ2v) is 8.00. The Bertz CT molecular complexity index is 1030. The number of aliphatic hydroxyl groups is 1. The molecule has 0 unspecified atom stereocenters. The summed E-state index contributed by atoms with van der Waals surface area (Å²) in [6.07, 6.45) is 0. The number of aromatic amines is 1. The predicted octanol–water partition coefficient (Wildman–Crippen LogP) is 2.23. The second-order valence-electron chi connectivity index (χ2n) is 8.00. The first-order chi connectivity index (χ1) is 15.7. The van der Waals surface area contributed by atoms with Crippen molar-refractivity contribution in [2.45, 2.75) is 6.54 Å². The van der Waals surface area contributed by atoms with E-state index in [1.54, 1.807) is 0 Å². The molecule has 3 aromatic rings. The fraction of sp³-hybridized carbons (Fsp3) is 0.360. The van der Waals surface area contributed by atoms with Gasteiger partial charge in [0.15, 0.2) is 0 Å². The van der Waals surface area contributed by atoms with E-state index in [1.807, 2.05) is 48.5 Å². The van der Waals surface area contributed by atoms with E-state index in [2.05, 4.69) is 31.9 Å². The number of aromatic nitrogens is 2. The van der Waals surface area contributed by atoms with Crippen molar-refractivity contribution in [2.75, 3.05) is 52.5 Å². The van der Waals surface area contributed by atoms with E-state index in [4.69, 9.17) is 9.84 Å². The Balaban J connectivity index is 1.34. The number of ether oxygens (including phenoxy) is 1. The summed E-state index contributed by atoms with van der Waals surface area (Å²) < 4.78 is 5.36. The molecule has 1 fully saturated rings. The molecule has 0 radical (unpaired) electrons. The van der Waals surface area contributed by atoms with Gasteiger partial charge in [-0.1, -0.05) is 54.6 Å². The van der Waals surface area contributed by atoms with Crippen molar-refractivity contribution in [3.05, 3.63) is 76.7 Å². The van der Waals surface area contributed by atoms with E-state index in [-0.39, 0.29) is 12.3 Å². The molecule has 168 valence electrons. The summed E-state index contributed by atoms with van der Waals surface area (Å²) in [6, 6.07) is 20.1. The minimum Gasteiger partial charge on any atom is -0.394 e. The molecule has 0 saturated carbocycles. The van der Waals surface area contributed by atoms with Crippen LogP contribution in [0.3, 0.4) is 0 Å². The first-order valence-electron chi connectivity index (χ1n) is 11.1. The number of nitrogens with one attached hydrogen (secondary N) is 1. The van der Waals surface area contributed by atoms with Crippen molar-refractivity contribution < 1.29 is 9.84 Å². The van der Waals surface area contributed by atoms with Crippen molar-refractivity contribution in [2.24, 2.45) is 0 Å². The zero-order valence-corrected chi connectivity index (χ0v) is 18.2. The molecule has 0 spiro atoms. The fourth-order valence-electron chi connectivity index (χ4n) is 3.95. The number of aliphatic hydroxyl groups excluding tert-OH is 1. The summed E-state index contributed by atoms with van der Waals surface area (Å²) >= 11 is 0. The first-order valence-corrected chi connectivity index (χ1v) is 11.1. The van der Waals surface area contributed by atoms with Gasteiger partial charge in [-0.15, -0.1) is 0 Å². The molecule has 1 aliphatic heterocycles. The zero-order chi connectivity index (χ0) is 22.2. The largest absolute Gasteiger partial charge is 0.394 e. The SMILES string of the molecule is O=c1nc(-c2ccc(CN3CCN(CCOCCO)CC3)cc2)cc(-c2ccccc2)[nH]1. The minimum atomic E-state index is -0.343. The molecule has 1 saturated heterocycles. The normalized spacial score (nSPS) is 15.2. The lowest BCUT2D eigenvalue weighted by Gasteiger charge is -2.34. The molecule has 0 atom stereocenters. The maximum Gasteiger partial charge on any atom is 0.345 e. The topological polar surface area (TPSA) is 81.7 Å². The number of nitrogens with zero attached hydrogens (tertiary/aromatic N) is 3. The Morgan fingerprint density at radius 2 is 1.62 bits per heavy atom. The van der Waals surface area contributed by atoms with Crippen molar-refractivity contribution >= 4 is 0 Å². The molecule has 4 rings (SSSR count). The van der Waals surface area contributed by atoms with Crippen LogP contribution in [0.2, 0.25) is 0 Å². The van der Waals surface area contributed by atoms with Gasteiger partial charge in [0, 0.05) is 44.8 Å². The molecular weight excluding hydrogens is 404 g/mol. The van der Waals surface area contributed by atoms with E-state index in [0.717, 1.165) is 56.1 Å². The molecule has 7 nitrogen and oxygen atoms in total. The molecule has 32 heavy (non-hydrogen) atoms. The number of piperazine rings is 1. The Hall–Kier alpha value is -2.84. The van der Waals surface area contributed by atoms with Crippen LogP contribution in [-0.2, 0) is 11.3 Å². The number of benzene rings is 2. The summed E-state index contributed by atoms with van der Waals surface area (Å²) in [5.74, 6) is 0. The Kier molecular flexibility index (Phi) is 7.79. The number of H-pyrrole nitrogens is 1. The maximum absolute atomic E-state index is 12.1. The standard InChI is InChI=1S/C25H30N4O3/c30-15-17-32-16-14-28-10-12-29(13-11-28)19-20-6-8-22(9-7-20)24-18-23(26-25(31)27-24)21-4-2-1-3-5-21/h1-9,18,30H,10-17,19H2,(H,26,27,31). The van der Waals surface area contributed by atoms with Gasteiger partial charge in [-0.2, -0.15) is 4.98 Å². The highest BCUT2D eigenvalue weighted by atomic mass is 16.5. The Morgan fingerprint density at radius 3 is 2.34 bits per heavy atom. The van der Waals surface area contributed by atoms with Gasteiger partial charge < -0.3 is 14.8 Å². The first kappa shape index (κ1) is 22.4. The molecule has 1 aromatic heterocycles. The third-order valence-electron chi connectivity index (χ3n) is 5.74. The number of rotatable bonds is 9. The fourth-order valence-corrected chi connectivity index (χ4v) is 3.95. The predicted molar refractivity (Wildman–Crippen MR) is 125 cm³/mol. The van der Waals surface area contributed by atoms with Crippen LogP contribution in [0, 0.1) is 0 Å². The monoisotopic (exact) mass is 434 g/mol. The van der Waals surface area contributed by atoms with Crippen LogP contribution >= 0.6 is 0 Å². The second kappa shape index (κ2) is 11.2. The molecule has 2 aromatic carbocycles. The van der Waals surface area contributed by atoms with Crippen molar-refractivity contribution in [1.82, 2.24) is 19.8 Å². The van der Waals surface area contributed by atoms with E-state index in [9.17, 15) is 4.79 Å². The number of hydrogen-bond donors (Lipinski definition) is 2. The van der Waals surface area contributed by atoms with E-state index < -0.39 is 0 Å². The zero-order valence-electron chi connectivity index (χ0n) is 18.2. The Labute approximate surface area is 188 Å². The van der Waals surface area contributed by atoms with Crippen molar-refractivity contribution in [1.29, 1.82) is 0 Å². The van der Waals surface area contributed by atoms with Crippen LogP contribution in [-0.4, -0.2) is 77.4 Å². The van der Waals surface area contributed by atoms with Gasteiger partial charge in [0.05, 0.1) is 31.2 Å². The van der Waals surface area contributed by atoms with Crippen LogP contribution in [0.25, 0.3) is 22.5 Å². The smallest absolute Gasteiger partial charge is 0.345 e. The molecule has 0 amide bonds. The lowest BCUT2D eigenvalue weighted by atomic mass is 10.1. The molecule has 2 heterocycles. The minimum absolute atomic E-state index is 0.0809.